The van der Waals surface area contributed by atoms with Crippen LogP contribution in [0.1, 0.15) is 32.3 Å². The van der Waals surface area contributed by atoms with Crippen molar-refractivity contribution in [1.29, 1.82) is 0 Å². The topological polar surface area (TPSA) is 69.0 Å². The van der Waals surface area contributed by atoms with Crippen LogP contribution in [-0.4, -0.2) is 88.2 Å². The quantitative estimate of drug-likeness (QED) is 0.332. The van der Waals surface area contributed by atoms with Gasteiger partial charge in [-0.05, 0) is 38.8 Å². The molecule has 0 saturated carbocycles. The predicted octanol–water partition coefficient (Wildman–Crippen LogP) is 2.58. The van der Waals surface area contributed by atoms with E-state index in [-0.39, 0.29) is 35.9 Å². The second kappa shape index (κ2) is 12.4. The molecule has 2 saturated heterocycles. The number of amides is 1. The lowest BCUT2D eigenvalue weighted by molar-refractivity contribution is -0.135. The first-order chi connectivity index (χ1) is 15.7. The van der Waals surface area contributed by atoms with E-state index in [0.29, 0.717) is 6.54 Å². The van der Waals surface area contributed by atoms with E-state index >= 15 is 0 Å². The summed E-state index contributed by atoms with van der Waals surface area (Å²) in [4.78, 5) is 24.3. The van der Waals surface area contributed by atoms with Gasteiger partial charge in [0.2, 0.25) is 5.91 Å². The Labute approximate surface area is 214 Å². The Hall–Kier alpha value is -2.14. The Morgan fingerprint density at radius 3 is 2.42 bits per heavy atom. The summed E-state index contributed by atoms with van der Waals surface area (Å²) in [6, 6.07) is 10.1. The number of guanidine groups is 1. The van der Waals surface area contributed by atoms with Crippen molar-refractivity contribution in [2.24, 2.45) is 4.99 Å². The molecule has 4 rings (SSSR count). The fourth-order valence-electron chi connectivity index (χ4n) is 4.43. The van der Waals surface area contributed by atoms with Crippen molar-refractivity contribution in [3.05, 3.63) is 48.3 Å². The molecule has 1 N–H and O–H groups in total. The van der Waals surface area contributed by atoms with E-state index in [1.165, 1.54) is 0 Å². The van der Waals surface area contributed by atoms with Crippen LogP contribution < -0.4 is 5.32 Å². The van der Waals surface area contributed by atoms with Crippen LogP contribution in [0, 0.1) is 0 Å². The van der Waals surface area contributed by atoms with E-state index in [1.807, 2.05) is 52.3 Å². The molecule has 3 heterocycles. The zero-order valence-corrected chi connectivity index (χ0v) is 22.0. The lowest BCUT2D eigenvalue weighted by atomic mass is 10.2. The standard InChI is InChI=1S/C24H35N7O.HI/c1-3-25-24(26-17-21-18-27-31(19-21)22-9-5-4-6-10-22)30-15-13-28(14-16-30)20(2)23(32)29-11-7-8-12-29;/h4-6,9-10,18-20H,3,7-8,11-17H2,1-2H3,(H,25,26);1H. The number of aliphatic imine (C=N–C) groups is 1. The monoisotopic (exact) mass is 565 g/mol. The molecule has 1 aromatic carbocycles. The van der Waals surface area contributed by atoms with Crippen LogP contribution in [0.5, 0.6) is 0 Å². The van der Waals surface area contributed by atoms with Crippen molar-refractivity contribution >= 4 is 35.8 Å². The first-order valence-electron chi connectivity index (χ1n) is 11.8. The molecule has 2 aliphatic heterocycles. The number of carbonyl (C=O) groups is 1. The number of halogens is 1. The van der Waals surface area contributed by atoms with Gasteiger partial charge in [0.15, 0.2) is 5.96 Å². The molecule has 2 fully saturated rings. The number of hydrogen-bond acceptors (Lipinski definition) is 4. The number of rotatable bonds is 6. The van der Waals surface area contributed by atoms with E-state index in [1.54, 1.807) is 0 Å². The van der Waals surface area contributed by atoms with Crippen LogP contribution >= 0.6 is 24.0 Å². The van der Waals surface area contributed by atoms with Gasteiger partial charge in [-0.25, -0.2) is 9.67 Å². The number of nitrogens with one attached hydrogen (secondary N) is 1. The van der Waals surface area contributed by atoms with E-state index in [2.05, 4.69) is 34.1 Å². The zero-order chi connectivity index (χ0) is 22.3. The third kappa shape index (κ3) is 6.47. The molecule has 2 aromatic rings. The molecular weight excluding hydrogens is 529 g/mol. The number of hydrogen-bond donors (Lipinski definition) is 1. The molecule has 180 valence electrons. The van der Waals surface area contributed by atoms with Gasteiger partial charge in [-0.3, -0.25) is 9.69 Å². The molecule has 1 unspecified atom stereocenters. The maximum Gasteiger partial charge on any atom is 0.239 e. The summed E-state index contributed by atoms with van der Waals surface area (Å²) >= 11 is 0. The van der Waals surface area contributed by atoms with Gasteiger partial charge in [-0.2, -0.15) is 5.10 Å². The zero-order valence-electron chi connectivity index (χ0n) is 19.7. The number of nitrogens with zero attached hydrogens (tertiary/aromatic N) is 6. The summed E-state index contributed by atoms with van der Waals surface area (Å²) < 4.78 is 1.88. The largest absolute Gasteiger partial charge is 0.357 e. The Morgan fingerprint density at radius 2 is 1.76 bits per heavy atom. The normalized spacial score (nSPS) is 18.2. The second-order valence-corrected chi connectivity index (χ2v) is 8.53. The maximum atomic E-state index is 12.8. The molecule has 8 nitrogen and oxygen atoms in total. The van der Waals surface area contributed by atoms with Gasteiger partial charge in [0.1, 0.15) is 0 Å². The van der Waals surface area contributed by atoms with Gasteiger partial charge in [0.25, 0.3) is 0 Å². The molecule has 0 radical (unpaired) electrons. The molecule has 1 atom stereocenters. The van der Waals surface area contributed by atoms with Gasteiger partial charge in [0, 0.05) is 57.6 Å². The molecule has 2 aliphatic rings. The van der Waals surface area contributed by atoms with E-state index in [0.717, 1.165) is 75.9 Å². The highest BCUT2D eigenvalue weighted by molar-refractivity contribution is 14.0. The minimum atomic E-state index is -0.0430. The van der Waals surface area contributed by atoms with Crippen LogP contribution in [0.4, 0.5) is 0 Å². The molecule has 0 bridgehead atoms. The Kier molecular flexibility index (Phi) is 9.54. The average molecular weight is 566 g/mol. The number of benzene rings is 1. The smallest absolute Gasteiger partial charge is 0.239 e. The molecular formula is C24H36IN7O. The van der Waals surface area contributed by atoms with Gasteiger partial charge < -0.3 is 15.1 Å². The third-order valence-corrected chi connectivity index (χ3v) is 6.34. The Balaban J connectivity index is 0.00000306. The minimum Gasteiger partial charge on any atom is -0.357 e. The summed E-state index contributed by atoms with van der Waals surface area (Å²) in [5, 5.41) is 7.90. The van der Waals surface area contributed by atoms with Crippen LogP contribution in [0.15, 0.2) is 47.7 Å². The van der Waals surface area contributed by atoms with Gasteiger partial charge in [-0.1, -0.05) is 18.2 Å². The van der Waals surface area contributed by atoms with Crippen LogP contribution in [-0.2, 0) is 11.3 Å². The number of para-hydroxylation sites is 1. The number of piperazine rings is 1. The summed E-state index contributed by atoms with van der Waals surface area (Å²) in [6.07, 6.45) is 6.19. The van der Waals surface area contributed by atoms with Crippen LogP contribution in [0.3, 0.4) is 0 Å². The SMILES string of the molecule is CCNC(=NCc1cnn(-c2ccccc2)c1)N1CCN(C(C)C(=O)N2CCCC2)CC1.I. The first-order valence-corrected chi connectivity index (χ1v) is 11.8. The fraction of sp³-hybridized carbons (Fsp3) is 0.542. The summed E-state index contributed by atoms with van der Waals surface area (Å²) in [7, 11) is 0. The minimum absolute atomic E-state index is 0. The lowest BCUT2D eigenvalue weighted by Crippen LogP contribution is -2.57. The van der Waals surface area contributed by atoms with Gasteiger partial charge in [0.05, 0.1) is 24.5 Å². The fourth-order valence-corrected chi connectivity index (χ4v) is 4.43. The van der Waals surface area contributed by atoms with Crippen molar-refractivity contribution in [2.45, 2.75) is 39.3 Å². The van der Waals surface area contributed by atoms with Gasteiger partial charge in [-0.15, -0.1) is 24.0 Å². The van der Waals surface area contributed by atoms with Crippen LogP contribution in [0.25, 0.3) is 5.69 Å². The summed E-state index contributed by atoms with van der Waals surface area (Å²) in [6.45, 7) is 10.9. The summed E-state index contributed by atoms with van der Waals surface area (Å²) in [5.41, 5.74) is 2.12. The first kappa shape index (κ1) is 25.5. The molecule has 0 aliphatic carbocycles. The van der Waals surface area contributed by atoms with Crippen LogP contribution in [0.2, 0.25) is 0 Å². The van der Waals surface area contributed by atoms with Crippen molar-refractivity contribution < 1.29 is 4.79 Å². The van der Waals surface area contributed by atoms with Crippen molar-refractivity contribution in [1.82, 2.24) is 29.8 Å². The highest BCUT2D eigenvalue weighted by Crippen LogP contribution is 2.14. The molecule has 33 heavy (non-hydrogen) atoms. The Bertz CT molecular complexity index is 903. The highest BCUT2D eigenvalue weighted by atomic mass is 127. The van der Waals surface area contributed by atoms with Crippen molar-refractivity contribution in [3.63, 3.8) is 0 Å². The highest BCUT2D eigenvalue weighted by Gasteiger charge is 2.30. The second-order valence-electron chi connectivity index (χ2n) is 8.53. The third-order valence-electron chi connectivity index (χ3n) is 6.34. The molecule has 1 aromatic heterocycles. The van der Waals surface area contributed by atoms with Crippen molar-refractivity contribution in [2.75, 3.05) is 45.8 Å². The van der Waals surface area contributed by atoms with E-state index < -0.39 is 0 Å². The Morgan fingerprint density at radius 1 is 1.06 bits per heavy atom. The molecule has 0 spiro atoms. The summed E-state index contributed by atoms with van der Waals surface area (Å²) in [5.74, 6) is 1.21. The lowest BCUT2D eigenvalue weighted by Gasteiger charge is -2.39. The van der Waals surface area contributed by atoms with Crippen molar-refractivity contribution in [3.8, 4) is 5.69 Å². The predicted molar refractivity (Wildman–Crippen MR) is 142 cm³/mol. The number of likely N-dealkylation sites (tertiary alicyclic amines) is 1. The molecule has 1 amide bonds. The maximum absolute atomic E-state index is 12.8. The molecule has 9 heteroatoms. The van der Waals surface area contributed by atoms with E-state index in [4.69, 9.17) is 4.99 Å². The van der Waals surface area contributed by atoms with Gasteiger partial charge >= 0.3 is 0 Å². The number of aromatic nitrogens is 2. The average Bonchev–Trinajstić information content (AvgIpc) is 3.54. The number of carbonyl (C=O) groups excluding carboxylic acids is 1. The van der Waals surface area contributed by atoms with E-state index in [9.17, 15) is 4.79 Å².